The average molecular weight is 320 g/mol. The summed E-state index contributed by atoms with van der Waals surface area (Å²) in [5.41, 5.74) is 0. The van der Waals surface area contributed by atoms with Gasteiger partial charge in [0.05, 0.1) is 0 Å². The summed E-state index contributed by atoms with van der Waals surface area (Å²) < 4.78 is 0. The number of nitrogens with zero attached hydrogens (tertiary/aromatic N) is 4. The molecule has 2 aliphatic heterocycles. The number of hydrogen-bond acceptors (Lipinski definition) is 5. The molecule has 120 valence electrons. The second kappa shape index (κ2) is 7.09. The molecule has 6 nitrogen and oxygen atoms in total. The van der Waals surface area contributed by atoms with Gasteiger partial charge in [-0.05, 0) is 44.8 Å². The van der Waals surface area contributed by atoms with Gasteiger partial charge in [-0.15, -0.1) is 0 Å². The molecule has 1 aromatic heterocycles. The Hall–Kier alpha value is -1.63. The van der Waals surface area contributed by atoms with Crippen LogP contribution in [0.15, 0.2) is 6.07 Å². The molecule has 2 N–H and O–H groups in total. The normalized spacial score (nSPS) is 17.9. The molecule has 0 spiro atoms. The molecular weight excluding hydrogens is 296 g/mol. The number of thiocarbonyl (C=S) groups is 1. The fraction of sp³-hybridized carbons (Fsp3) is 0.667. The molecule has 2 fully saturated rings. The summed E-state index contributed by atoms with van der Waals surface area (Å²) in [5.74, 6) is 2.62. The molecule has 7 heteroatoms. The van der Waals surface area contributed by atoms with Gasteiger partial charge in [0, 0.05) is 38.8 Å². The number of aromatic nitrogens is 2. The molecule has 0 amide bonds. The third-order valence-corrected chi connectivity index (χ3v) is 4.37. The Balaban J connectivity index is 1.84. The van der Waals surface area contributed by atoms with Crippen molar-refractivity contribution < 1.29 is 0 Å². The van der Waals surface area contributed by atoms with Crippen LogP contribution in [0.1, 0.15) is 32.6 Å². The summed E-state index contributed by atoms with van der Waals surface area (Å²) in [5, 5.41) is 6.78. The smallest absolute Gasteiger partial charge is 0.232 e. The van der Waals surface area contributed by atoms with Gasteiger partial charge in [-0.3, -0.25) is 0 Å². The van der Waals surface area contributed by atoms with Crippen LogP contribution < -0.4 is 20.4 Å². The van der Waals surface area contributed by atoms with Crippen molar-refractivity contribution in [3.05, 3.63) is 6.07 Å². The van der Waals surface area contributed by atoms with E-state index in [0.717, 1.165) is 44.4 Å². The first-order valence-electron chi connectivity index (χ1n) is 8.20. The minimum absolute atomic E-state index is 0.577. The summed E-state index contributed by atoms with van der Waals surface area (Å²) in [6.07, 6.45) is 4.95. The van der Waals surface area contributed by atoms with Crippen molar-refractivity contribution in [3.63, 3.8) is 0 Å². The molecular formula is C15H24N6S. The molecule has 0 unspecified atom stereocenters. The molecule has 0 bridgehead atoms. The second-order valence-corrected chi connectivity index (χ2v) is 6.19. The first-order chi connectivity index (χ1) is 10.8. The van der Waals surface area contributed by atoms with Crippen LogP contribution in [0.4, 0.5) is 17.6 Å². The van der Waals surface area contributed by atoms with E-state index in [9.17, 15) is 0 Å². The van der Waals surface area contributed by atoms with Crippen LogP contribution in [-0.2, 0) is 0 Å². The maximum Gasteiger partial charge on any atom is 0.232 e. The van der Waals surface area contributed by atoms with Crippen LogP contribution in [0.3, 0.4) is 0 Å². The van der Waals surface area contributed by atoms with Crippen LogP contribution in [0.2, 0.25) is 0 Å². The van der Waals surface area contributed by atoms with Crippen molar-refractivity contribution in [2.45, 2.75) is 32.6 Å². The summed E-state index contributed by atoms with van der Waals surface area (Å²) >= 11 is 5.26. The lowest BCUT2D eigenvalue weighted by Crippen LogP contribution is -2.30. The molecule has 22 heavy (non-hydrogen) atoms. The van der Waals surface area contributed by atoms with Gasteiger partial charge < -0.3 is 20.4 Å². The highest BCUT2D eigenvalue weighted by Crippen LogP contribution is 2.26. The van der Waals surface area contributed by atoms with E-state index in [1.807, 2.05) is 6.92 Å². The van der Waals surface area contributed by atoms with E-state index in [0.29, 0.717) is 11.1 Å². The van der Waals surface area contributed by atoms with Crippen molar-refractivity contribution in [3.8, 4) is 0 Å². The maximum absolute atomic E-state index is 5.26. The van der Waals surface area contributed by atoms with E-state index in [2.05, 4.69) is 36.5 Å². The van der Waals surface area contributed by atoms with Gasteiger partial charge in [0.25, 0.3) is 0 Å². The quantitative estimate of drug-likeness (QED) is 0.823. The Morgan fingerprint density at radius 3 is 2.00 bits per heavy atom. The van der Waals surface area contributed by atoms with Crippen LogP contribution >= 0.6 is 12.2 Å². The summed E-state index contributed by atoms with van der Waals surface area (Å²) in [6, 6.07) is 2.12. The molecule has 0 aromatic carbocycles. The Kier molecular flexibility index (Phi) is 4.92. The lowest BCUT2D eigenvalue weighted by molar-refractivity contribution is 0.898. The van der Waals surface area contributed by atoms with E-state index in [1.54, 1.807) is 0 Å². The molecule has 3 rings (SSSR count). The topological polar surface area (TPSA) is 56.3 Å². The zero-order valence-corrected chi connectivity index (χ0v) is 14.0. The minimum Gasteiger partial charge on any atom is -0.363 e. The predicted octanol–water partition coefficient (Wildman–Crippen LogP) is 1.98. The van der Waals surface area contributed by atoms with Gasteiger partial charge >= 0.3 is 0 Å². The van der Waals surface area contributed by atoms with Crippen LogP contribution in [0.25, 0.3) is 0 Å². The van der Waals surface area contributed by atoms with Gasteiger partial charge in [0.1, 0.15) is 11.6 Å². The first-order valence-corrected chi connectivity index (χ1v) is 8.61. The molecule has 3 heterocycles. The van der Waals surface area contributed by atoms with Crippen molar-refractivity contribution in [1.29, 1.82) is 0 Å². The predicted molar refractivity (Wildman–Crippen MR) is 94.8 cm³/mol. The molecule has 2 aliphatic rings. The highest BCUT2D eigenvalue weighted by molar-refractivity contribution is 7.80. The van der Waals surface area contributed by atoms with Crippen molar-refractivity contribution in [1.82, 2.24) is 15.3 Å². The zero-order chi connectivity index (χ0) is 15.4. The maximum atomic E-state index is 5.26. The van der Waals surface area contributed by atoms with Gasteiger partial charge in [0.2, 0.25) is 5.95 Å². The van der Waals surface area contributed by atoms with E-state index in [1.165, 1.54) is 25.7 Å². The van der Waals surface area contributed by atoms with Crippen molar-refractivity contribution in [2.24, 2.45) is 0 Å². The van der Waals surface area contributed by atoms with Crippen molar-refractivity contribution >= 4 is 34.9 Å². The standard InChI is InChI=1S/C15H24N6S/c1-2-16-15(22)19-14-17-12(20-7-3-4-8-20)11-13(18-14)21-9-5-6-10-21/h11H,2-10H2,1H3,(H2,16,17,18,19,22). The Bertz CT molecular complexity index is 489. The Morgan fingerprint density at radius 1 is 1.05 bits per heavy atom. The van der Waals surface area contributed by atoms with Gasteiger partial charge in [0.15, 0.2) is 5.11 Å². The summed E-state index contributed by atoms with van der Waals surface area (Å²) in [7, 11) is 0. The Morgan fingerprint density at radius 2 is 1.55 bits per heavy atom. The number of hydrogen-bond donors (Lipinski definition) is 2. The largest absolute Gasteiger partial charge is 0.363 e. The van der Waals surface area contributed by atoms with Crippen LogP contribution in [0.5, 0.6) is 0 Å². The molecule has 2 saturated heterocycles. The third kappa shape index (κ3) is 3.58. The number of rotatable bonds is 4. The van der Waals surface area contributed by atoms with Gasteiger partial charge in [-0.1, -0.05) is 0 Å². The molecule has 0 radical (unpaired) electrons. The first kappa shape index (κ1) is 15.3. The molecule has 1 aromatic rings. The molecule has 0 atom stereocenters. The molecule has 0 saturated carbocycles. The van der Waals surface area contributed by atoms with E-state index >= 15 is 0 Å². The summed E-state index contributed by atoms with van der Waals surface area (Å²) in [6.45, 7) is 7.12. The highest BCUT2D eigenvalue weighted by Gasteiger charge is 2.20. The fourth-order valence-electron chi connectivity index (χ4n) is 3.00. The Labute approximate surface area is 137 Å². The third-order valence-electron chi connectivity index (χ3n) is 4.12. The van der Waals surface area contributed by atoms with E-state index in [4.69, 9.17) is 12.2 Å². The van der Waals surface area contributed by atoms with E-state index < -0.39 is 0 Å². The fourth-order valence-corrected chi connectivity index (χ4v) is 3.24. The number of nitrogens with one attached hydrogen (secondary N) is 2. The lowest BCUT2D eigenvalue weighted by Gasteiger charge is -2.22. The van der Waals surface area contributed by atoms with Gasteiger partial charge in [-0.25, -0.2) is 0 Å². The molecule has 0 aliphatic carbocycles. The average Bonchev–Trinajstić information content (AvgIpc) is 3.21. The monoisotopic (exact) mass is 320 g/mol. The van der Waals surface area contributed by atoms with Gasteiger partial charge in [-0.2, -0.15) is 9.97 Å². The van der Waals surface area contributed by atoms with Crippen LogP contribution in [0, 0.1) is 0 Å². The van der Waals surface area contributed by atoms with E-state index in [-0.39, 0.29) is 0 Å². The second-order valence-electron chi connectivity index (χ2n) is 5.78. The summed E-state index contributed by atoms with van der Waals surface area (Å²) in [4.78, 5) is 14.0. The van der Waals surface area contributed by atoms with Crippen molar-refractivity contribution in [2.75, 3.05) is 47.8 Å². The number of anilines is 3. The lowest BCUT2D eigenvalue weighted by atomic mass is 10.4. The SMILES string of the molecule is CCNC(=S)Nc1nc(N2CCCC2)cc(N2CCCC2)n1. The zero-order valence-electron chi connectivity index (χ0n) is 13.1. The van der Waals surface area contributed by atoms with Crippen LogP contribution in [-0.4, -0.2) is 47.8 Å². The highest BCUT2D eigenvalue weighted by atomic mass is 32.1. The minimum atomic E-state index is 0.577.